The van der Waals surface area contributed by atoms with Crippen LogP contribution in [0, 0.1) is 0 Å². The predicted molar refractivity (Wildman–Crippen MR) is 67.6 cm³/mol. The van der Waals surface area contributed by atoms with Crippen LogP contribution in [0.15, 0.2) is 12.5 Å². The molecule has 1 aromatic heterocycles. The van der Waals surface area contributed by atoms with Crippen LogP contribution >= 0.6 is 0 Å². The maximum Gasteiger partial charge on any atom is 0.243 e. The third-order valence-electron chi connectivity index (χ3n) is 2.44. The summed E-state index contributed by atoms with van der Waals surface area (Å²) in [4.78, 5) is 16.1. The monoisotopic (exact) mass is 238 g/mol. The van der Waals surface area contributed by atoms with Gasteiger partial charge in [-0.1, -0.05) is 0 Å². The van der Waals surface area contributed by atoms with Crippen LogP contribution in [-0.4, -0.2) is 27.5 Å². The molecule has 0 aromatic carbocycles. The molecule has 0 aliphatic rings. The molecule has 0 aliphatic heterocycles. The maximum absolute atomic E-state index is 12.0. The lowest BCUT2D eigenvalue weighted by Crippen LogP contribution is -2.43. The Morgan fingerprint density at radius 3 is 2.76 bits per heavy atom. The summed E-state index contributed by atoms with van der Waals surface area (Å²) in [6.07, 6.45) is 4.17. The van der Waals surface area contributed by atoms with Crippen LogP contribution in [0.1, 0.15) is 39.4 Å². The molecule has 1 amide bonds. The van der Waals surface area contributed by atoms with Gasteiger partial charge in [0.2, 0.25) is 5.91 Å². The first-order valence-electron chi connectivity index (χ1n) is 5.88. The summed E-state index contributed by atoms with van der Waals surface area (Å²) in [5, 5.41) is 2.96. The molecule has 0 saturated heterocycles. The molecule has 1 atom stereocenters. The molecule has 0 bridgehead atoms. The Labute approximate surface area is 102 Å². The van der Waals surface area contributed by atoms with Crippen molar-refractivity contribution in [2.45, 2.75) is 45.7 Å². The number of carbonyl (C=O) groups excluding carboxylic acids is 1. The largest absolute Gasteiger partial charge is 0.350 e. The van der Waals surface area contributed by atoms with Crippen LogP contribution in [0.4, 0.5) is 0 Å². The van der Waals surface area contributed by atoms with Gasteiger partial charge in [0.15, 0.2) is 0 Å². The molecule has 1 aromatic rings. The van der Waals surface area contributed by atoms with E-state index in [-0.39, 0.29) is 17.5 Å². The van der Waals surface area contributed by atoms with Crippen LogP contribution in [0.2, 0.25) is 0 Å². The summed E-state index contributed by atoms with van der Waals surface area (Å²) in [6, 6.07) is -0.265. The highest BCUT2D eigenvalue weighted by atomic mass is 16.2. The fourth-order valence-electron chi connectivity index (χ4n) is 1.62. The molecule has 17 heavy (non-hydrogen) atoms. The summed E-state index contributed by atoms with van der Waals surface area (Å²) in [5.74, 6) is -0.00577. The number of nitrogens with zero attached hydrogens (tertiary/aromatic N) is 2. The van der Waals surface area contributed by atoms with Crippen molar-refractivity contribution in [1.82, 2.24) is 14.9 Å². The lowest BCUT2D eigenvalue weighted by molar-refractivity contribution is -0.125. The van der Waals surface area contributed by atoms with Crippen molar-refractivity contribution in [2.24, 2.45) is 5.73 Å². The van der Waals surface area contributed by atoms with Crippen molar-refractivity contribution < 1.29 is 4.79 Å². The number of hydrogen-bond donors (Lipinski definition) is 2. The van der Waals surface area contributed by atoms with Crippen molar-refractivity contribution in [2.75, 3.05) is 6.54 Å². The molecular formula is C12H22N4O. The third-order valence-corrected chi connectivity index (χ3v) is 2.44. The number of rotatable bonds is 4. The average Bonchev–Trinajstić information content (AvgIpc) is 2.62. The third kappa shape index (κ3) is 3.85. The number of amides is 1. The zero-order chi connectivity index (χ0) is 13.1. The molecule has 1 rings (SSSR count). The number of hydrogen-bond acceptors (Lipinski definition) is 3. The summed E-state index contributed by atoms with van der Waals surface area (Å²) in [7, 11) is 0. The van der Waals surface area contributed by atoms with Gasteiger partial charge in [0.25, 0.3) is 0 Å². The second kappa shape index (κ2) is 5.31. The normalized spacial score (nSPS) is 13.5. The number of nitrogens with one attached hydrogen (secondary N) is 1. The van der Waals surface area contributed by atoms with Crippen molar-refractivity contribution >= 4 is 5.91 Å². The van der Waals surface area contributed by atoms with E-state index in [1.165, 1.54) is 0 Å². The van der Waals surface area contributed by atoms with Gasteiger partial charge in [-0.3, -0.25) is 4.79 Å². The zero-order valence-corrected chi connectivity index (χ0v) is 11.0. The highest BCUT2D eigenvalue weighted by Gasteiger charge is 2.21. The smallest absolute Gasteiger partial charge is 0.243 e. The van der Waals surface area contributed by atoms with Crippen molar-refractivity contribution in [3.63, 3.8) is 0 Å². The summed E-state index contributed by atoms with van der Waals surface area (Å²) < 4.78 is 1.87. The molecule has 5 nitrogen and oxygen atoms in total. The van der Waals surface area contributed by atoms with Crippen molar-refractivity contribution in [3.8, 4) is 0 Å². The topological polar surface area (TPSA) is 72.9 Å². The van der Waals surface area contributed by atoms with E-state index in [2.05, 4.69) is 10.3 Å². The number of aromatic nitrogens is 2. The standard InChI is InChI=1S/C12H22N4O/c1-9(11(17)15-12(2,3)4)16-8-14-7-10(16)5-6-13/h7-9H,5-6,13H2,1-4H3,(H,15,17). The Morgan fingerprint density at radius 2 is 2.24 bits per heavy atom. The molecule has 0 radical (unpaired) electrons. The lowest BCUT2D eigenvalue weighted by atomic mass is 10.1. The predicted octanol–water partition coefficient (Wildman–Crippen LogP) is 0.860. The van der Waals surface area contributed by atoms with Gasteiger partial charge < -0.3 is 15.6 Å². The maximum atomic E-state index is 12.0. The van der Waals surface area contributed by atoms with E-state index in [4.69, 9.17) is 5.73 Å². The van der Waals surface area contributed by atoms with E-state index in [0.29, 0.717) is 6.54 Å². The van der Waals surface area contributed by atoms with E-state index in [9.17, 15) is 4.79 Å². The molecule has 0 spiro atoms. The Hall–Kier alpha value is -1.36. The van der Waals surface area contributed by atoms with E-state index >= 15 is 0 Å². The Kier molecular flexibility index (Phi) is 4.28. The minimum Gasteiger partial charge on any atom is -0.350 e. The summed E-state index contributed by atoms with van der Waals surface area (Å²) in [6.45, 7) is 8.31. The van der Waals surface area contributed by atoms with E-state index in [1.807, 2.05) is 32.3 Å². The quantitative estimate of drug-likeness (QED) is 0.817. The van der Waals surface area contributed by atoms with Gasteiger partial charge in [0, 0.05) is 23.9 Å². The van der Waals surface area contributed by atoms with Crippen LogP contribution in [0.5, 0.6) is 0 Å². The van der Waals surface area contributed by atoms with Crippen molar-refractivity contribution in [3.05, 3.63) is 18.2 Å². The number of carbonyl (C=O) groups is 1. The van der Waals surface area contributed by atoms with Crippen LogP contribution in [0.3, 0.4) is 0 Å². The van der Waals surface area contributed by atoms with Gasteiger partial charge >= 0.3 is 0 Å². The zero-order valence-electron chi connectivity index (χ0n) is 11.0. The highest BCUT2D eigenvalue weighted by Crippen LogP contribution is 2.12. The van der Waals surface area contributed by atoms with E-state index < -0.39 is 0 Å². The fourth-order valence-corrected chi connectivity index (χ4v) is 1.62. The average molecular weight is 238 g/mol. The highest BCUT2D eigenvalue weighted by molar-refractivity contribution is 5.80. The number of nitrogens with two attached hydrogens (primary N) is 1. The molecular weight excluding hydrogens is 216 g/mol. The van der Waals surface area contributed by atoms with Crippen LogP contribution < -0.4 is 11.1 Å². The second-order valence-corrected chi connectivity index (χ2v) is 5.25. The first kappa shape index (κ1) is 13.7. The summed E-state index contributed by atoms with van der Waals surface area (Å²) >= 11 is 0. The number of imidazole rings is 1. The first-order chi connectivity index (χ1) is 7.85. The van der Waals surface area contributed by atoms with Gasteiger partial charge in [-0.15, -0.1) is 0 Å². The first-order valence-corrected chi connectivity index (χ1v) is 5.88. The molecule has 0 saturated carbocycles. The molecule has 0 aliphatic carbocycles. The molecule has 96 valence electrons. The van der Waals surface area contributed by atoms with Crippen LogP contribution in [-0.2, 0) is 11.2 Å². The van der Waals surface area contributed by atoms with Gasteiger partial charge in [-0.05, 0) is 34.2 Å². The molecule has 5 heteroatoms. The molecule has 1 heterocycles. The second-order valence-electron chi connectivity index (χ2n) is 5.25. The van der Waals surface area contributed by atoms with Crippen LogP contribution in [0.25, 0.3) is 0 Å². The fraction of sp³-hybridized carbons (Fsp3) is 0.667. The molecule has 1 unspecified atom stereocenters. The van der Waals surface area contributed by atoms with Crippen molar-refractivity contribution in [1.29, 1.82) is 0 Å². The lowest BCUT2D eigenvalue weighted by Gasteiger charge is -2.24. The Bertz CT molecular complexity index is 378. The minimum atomic E-state index is -0.265. The van der Waals surface area contributed by atoms with E-state index in [0.717, 1.165) is 12.1 Å². The van der Waals surface area contributed by atoms with E-state index in [1.54, 1.807) is 12.5 Å². The van der Waals surface area contributed by atoms with Gasteiger partial charge in [0.05, 0.1) is 6.33 Å². The summed E-state index contributed by atoms with van der Waals surface area (Å²) in [5.41, 5.74) is 6.29. The molecule has 3 N–H and O–H groups in total. The Balaban J connectivity index is 2.78. The minimum absolute atomic E-state index is 0.00577. The SMILES string of the molecule is CC(C(=O)NC(C)(C)C)n1cncc1CCN. The van der Waals surface area contributed by atoms with Gasteiger partial charge in [0.1, 0.15) is 6.04 Å². The van der Waals surface area contributed by atoms with Gasteiger partial charge in [-0.25, -0.2) is 4.98 Å². The molecule has 0 fully saturated rings. The Morgan fingerprint density at radius 1 is 1.59 bits per heavy atom. The van der Waals surface area contributed by atoms with Gasteiger partial charge in [-0.2, -0.15) is 0 Å².